The van der Waals surface area contributed by atoms with Crippen molar-refractivity contribution in [2.45, 2.75) is 6.92 Å². The van der Waals surface area contributed by atoms with E-state index in [1.54, 1.807) is 6.07 Å². The van der Waals surface area contributed by atoms with Crippen LogP contribution in [0.4, 0.5) is 0 Å². The summed E-state index contributed by atoms with van der Waals surface area (Å²) in [5.41, 5.74) is 0. The number of rotatable bonds is 0. The molecule has 0 aliphatic rings. The van der Waals surface area contributed by atoms with Crippen LogP contribution in [-0.2, 0) is 4.79 Å². The van der Waals surface area contributed by atoms with Crippen LogP contribution in [0.5, 0.6) is 5.75 Å². The van der Waals surface area contributed by atoms with Gasteiger partial charge in [-0.25, -0.2) is 0 Å². The van der Waals surface area contributed by atoms with Gasteiger partial charge in [0.1, 0.15) is 5.75 Å². The highest BCUT2D eigenvalue weighted by Crippen LogP contribution is 2.22. The van der Waals surface area contributed by atoms with Crippen LogP contribution < -0.4 is 0 Å². The minimum absolute atomic E-state index is 0.350. The van der Waals surface area contributed by atoms with Crippen molar-refractivity contribution in [1.29, 1.82) is 0 Å². The number of carbonyl (C=O) groups is 1. The van der Waals surface area contributed by atoms with Gasteiger partial charge < -0.3 is 10.2 Å². The Bertz CT molecular complexity index is 454. The number of fused-ring (bicyclic) bond motifs is 1. The summed E-state index contributed by atoms with van der Waals surface area (Å²) >= 11 is 0. The van der Waals surface area contributed by atoms with E-state index in [1.165, 1.54) is 0 Å². The lowest BCUT2D eigenvalue weighted by Gasteiger charge is -1.97. The molecule has 2 aromatic rings. The van der Waals surface area contributed by atoms with E-state index >= 15 is 0 Å². The second-order valence-corrected chi connectivity index (χ2v) is 3.02. The molecule has 2 aromatic carbocycles. The molecule has 2 N–H and O–H groups in total. The summed E-state index contributed by atoms with van der Waals surface area (Å²) in [6.07, 6.45) is 0. The molecular formula is C12H12O3. The molecular weight excluding hydrogens is 192 g/mol. The summed E-state index contributed by atoms with van der Waals surface area (Å²) in [6, 6.07) is 13.3. The van der Waals surface area contributed by atoms with Gasteiger partial charge in [-0.2, -0.15) is 0 Å². The summed E-state index contributed by atoms with van der Waals surface area (Å²) in [7, 11) is 0. The molecule has 0 aliphatic carbocycles. The molecule has 0 heterocycles. The van der Waals surface area contributed by atoms with Crippen molar-refractivity contribution < 1.29 is 15.0 Å². The van der Waals surface area contributed by atoms with Crippen molar-refractivity contribution >= 4 is 16.7 Å². The van der Waals surface area contributed by atoms with Gasteiger partial charge in [0, 0.05) is 12.3 Å². The van der Waals surface area contributed by atoms with Crippen molar-refractivity contribution in [3.63, 3.8) is 0 Å². The van der Waals surface area contributed by atoms with Crippen molar-refractivity contribution in [3.8, 4) is 5.75 Å². The molecule has 0 bridgehead atoms. The number of hydrogen-bond donors (Lipinski definition) is 2. The highest BCUT2D eigenvalue weighted by atomic mass is 16.4. The van der Waals surface area contributed by atoms with E-state index in [9.17, 15) is 5.11 Å². The quantitative estimate of drug-likeness (QED) is 0.693. The van der Waals surface area contributed by atoms with Crippen molar-refractivity contribution in [2.24, 2.45) is 0 Å². The first-order chi connectivity index (χ1) is 7.11. The van der Waals surface area contributed by atoms with Gasteiger partial charge in [0.2, 0.25) is 0 Å². The van der Waals surface area contributed by atoms with E-state index < -0.39 is 5.97 Å². The maximum absolute atomic E-state index is 9.37. The van der Waals surface area contributed by atoms with E-state index in [1.807, 2.05) is 36.4 Å². The zero-order valence-electron chi connectivity index (χ0n) is 8.34. The normalized spacial score (nSPS) is 9.13. The van der Waals surface area contributed by atoms with Crippen LogP contribution in [0.25, 0.3) is 10.8 Å². The topological polar surface area (TPSA) is 57.5 Å². The average molecular weight is 204 g/mol. The molecule has 0 atom stereocenters. The van der Waals surface area contributed by atoms with Gasteiger partial charge in [-0.3, -0.25) is 4.79 Å². The van der Waals surface area contributed by atoms with Gasteiger partial charge in [-0.15, -0.1) is 0 Å². The van der Waals surface area contributed by atoms with Crippen LogP contribution in [0.3, 0.4) is 0 Å². The molecule has 78 valence electrons. The molecule has 0 spiro atoms. The van der Waals surface area contributed by atoms with Gasteiger partial charge >= 0.3 is 0 Å². The number of hydrogen-bond acceptors (Lipinski definition) is 2. The number of phenolic OH excluding ortho intramolecular Hbond substituents is 1. The molecule has 0 saturated carbocycles. The third-order valence-corrected chi connectivity index (χ3v) is 1.77. The van der Waals surface area contributed by atoms with Gasteiger partial charge in [0.15, 0.2) is 0 Å². The molecule has 0 aromatic heterocycles. The van der Waals surface area contributed by atoms with E-state index in [0.29, 0.717) is 5.75 Å². The molecule has 0 unspecified atom stereocenters. The lowest BCUT2D eigenvalue weighted by Crippen LogP contribution is -1.78. The second kappa shape index (κ2) is 5.00. The molecule has 0 saturated heterocycles. The van der Waals surface area contributed by atoms with Crippen LogP contribution in [-0.4, -0.2) is 16.2 Å². The maximum Gasteiger partial charge on any atom is 0.300 e. The third-order valence-electron chi connectivity index (χ3n) is 1.77. The smallest absolute Gasteiger partial charge is 0.300 e. The Labute approximate surface area is 87.6 Å². The Balaban J connectivity index is 0.000000245. The third kappa shape index (κ3) is 3.31. The first-order valence-corrected chi connectivity index (χ1v) is 4.47. The zero-order valence-corrected chi connectivity index (χ0v) is 8.34. The SMILES string of the molecule is CC(=O)O.Oc1cccc2ccccc12. The lowest BCUT2D eigenvalue weighted by atomic mass is 10.1. The van der Waals surface area contributed by atoms with Gasteiger partial charge in [-0.1, -0.05) is 36.4 Å². The Morgan fingerprint density at radius 2 is 1.60 bits per heavy atom. The van der Waals surface area contributed by atoms with Crippen LogP contribution in [0, 0.1) is 0 Å². The standard InChI is InChI=1S/C10H8O.C2H4O2/c11-10-7-3-5-8-4-1-2-6-9(8)10;1-2(3)4/h1-7,11H;1H3,(H,3,4). The molecule has 2 rings (SSSR count). The van der Waals surface area contributed by atoms with Gasteiger partial charge in [0.05, 0.1) is 0 Å². The Morgan fingerprint density at radius 1 is 1.07 bits per heavy atom. The van der Waals surface area contributed by atoms with E-state index in [0.717, 1.165) is 17.7 Å². The summed E-state index contributed by atoms with van der Waals surface area (Å²) < 4.78 is 0. The monoisotopic (exact) mass is 204 g/mol. The summed E-state index contributed by atoms with van der Waals surface area (Å²) in [6.45, 7) is 1.08. The maximum atomic E-state index is 9.37. The number of aromatic hydroxyl groups is 1. The van der Waals surface area contributed by atoms with Crippen molar-refractivity contribution in [2.75, 3.05) is 0 Å². The summed E-state index contributed by atoms with van der Waals surface area (Å²) in [4.78, 5) is 9.00. The fourth-order valence-electron chi connectivity index (χ4n) is 1.21. The van der Waals surface area contributed by atoms with Crippen LogP contribution >= 0.6 is 0 Å². The van der Waals surface area contributed by atoms with Crippen LogP contribution in [0.15, 0.2) is 42.5 Å². The molecule has 3 heteroatoms. The summed E-state index contributed by atoms with van der Waals surface area (Å²) in [5, 5.41) is 18.8. The van der Waals surface area contributed by atoms with E-state index in [-0.39, 0.29) is 0 Å². The van der Waals surface area contributed by atoms with Crippen molar-refractivity contribution in [1.82, 2.24) is 0 Å². The number of carboxylic acid groups (broad SMARTS) is 1. The molecule has 0 aliphatic heterocycles. The van der Waals surface area contributed by atoms with Crippen LogP contribution in [0.2, 0.25) is 0 Å². The molecule has 0 fully saturated rings. The van der Waals surface area contributed by atoms with Gasteiger partial charge in [0.25, 0.3) is 5.97 Å². The predicted molar refractivity (Wildman–Crippen MR) is 58.9 cm³/mol. The van der Waals surface area contributed by atoms with E-state index in [4.69, 9.17) is 9.90 Å². The number of aliphatic carboxylic acids is 1. The average Bonchev–Trinajstić information content (AvgIpc) is 2.18. The Hall–Kier alpha value is -2.03. The number of phenols is 1. The second-order valence-electron chi connectivity index (χ2n) is 3.02. The zero-order chi connectivity index (χ0) is 11.3. The minimum atomic E-state index is -0.833. The number of carboxylic acids is 1. The molecule has 0 amide bonds. The van der Waals surface area contributed by atoms with Crippen LogP contribution in [0.1, 0.15) is 6.92 Å². The molecule has 15 heavy (non-hydrogen) atoms. The molecule has 0 radical (unpaired) electrons. The first kappa shape index (κ1) is 11.0. The Morgan fingerprint density at radius 3 is 2.20 bits per heavy atom. The Kier molecular flexibility index (Phi) is 3.68. The van der Waals surface area contributed by atoms with Gasteiger partial charge in [-0.05, 0) is 11.5 Å². The predicted octanol–water partition coefficient (Wildman–Crippen LogP) is 2.64. The fraction of sp³-hybridized carbons (Fsp3) is 0.0833. The first-order valence-electron chi connectivity index (χ1n) is 4.47. The number of benzene rings is 2. The summed E-state index contributed by atoms with van der Waals surface area (Å²) in [5.74, 6) is -0.483. The largest absolute Gasteiger partial charge is 0.507 e. The minimum Gasteiger partial charge on any atom is -0.507 e. The van der Waals surface area contributed by atoms with E-state index in [2.05, 4.69) is 0 Å². The highest BCUT2D eigenvalue weighted by Gasteiger charge is 1.94. The van der Waals surface area contributed by atoms with Crippen molar-refractivity contribution in [3.05, 3.63) is 42.5 Å². The highest BCUT2D eigenvalue weighted by molar-refractivity contribution is 5.87. The lowest BCUT2D eigenvalue weighted by molar-refractivity contribution is -0.134. The fourth-order valence-corrected chi connectivity index (χ4v) is 1.21. The molecule has 3 nitrogen and oxygen atoms in total.